The highest BCUT2D eigenvalue weighted by molar-refractivity contribution is 5.79. The molecule has 3 aliphatic rings. The van der Waals surface area contributed by atoms with E-state index < -0.39 is 0 Å². The third-order valence-corrected chi connectivity index (χ3v) is 6.54. The van der Waals surface area contributed by atoms with Crippen LogP contribution >= 0.6 is 0 Å². The van der Waals surface area contributed by atoms with Crippen LogP contribution in [0.5, 0.6) is 0 Å². The Kier molecular flexibility index (Phi) is 4.25. The van der Waals surface area contributed by atoms with Crippen LogP contribution in [0.15, 0.2) is 24.3 Å². The Hall–Kier alpha value is -1.55. The van der Waals surface area contributed by atoms with Gasteiger partial charge in [0, 0.05) is 44.3 Å². The van der Waals surface area contributed by atoms with Crippen LogP contribution in [0.2, 0.25) is 0 Å². The summed E-state index contributed by atoms with van der Waals surface area (Å²) in [6.07, 6.45) is 5.74. The molecule has 4 rings (SSSR count). The molecule has 0 radical (unpaired) electrons. The smallest absolute Gasteiger partial charge is 0.226 e. The van der Waals surface area contributed by atoms with E-state index >= 15 is 0 Å². The van der Waals surface area contributed by atoms with Crippen molar-refractivity contribution in [3.05, 3.63) is 29.8 Å². The summed E-state index contributed by atoms with van der Waals surface area (Å²) in [5.41, 5.74) is 8.92. The topological polar surface area (TPSA) is 49.6 Å². The number of benzene rings is 1. The number of hydrogen-bond acceptors (Lipinski definition) is 3. The summed E-state index contributed by atoms with van der Waals surface area (Å²) < 4.78 is 0. The summed E-state index contributed by atoms with van der Waals surface area (Å²) in [6, 6.07) is 8.80. The molecule has 1 amide bonds. The van der Waals surface area contributed by atoms with Gasteiger partial charge in [-0.3, -0.25) is 4.79 Å². The molecule has 2 aliphatic carbocycles. The first-order chi connectivity index (χ1) is 11.6. The van der Waals surface area contributed by atoms with Gasteiger partial charge < -0.3 is 15.5 Å². The third-order valence-electron chi connectivity index (χ3n) is 6.54. The summed E-state index contributed by atoms with van der Waals surface area (Å²) in [7, 11) is 2.12. The molecule has 1 aliphatic heterocycles. The average molecular weight is 327 g/mol. The number of fused-ring (bicyclic) bond motifs is 3. The number of para-hydroxylation sites is 1. The normalized spacial score (nSPS) is 32.9. The van der Waals surface area contributed by atoms with Gasteiger partial charge >= 0.3 is 0 Å². The highest BCUT2D eigenvalue weighted by atomic mass is 16.2. The van der Waals surface area contributed by atoms with Gasteiger partial charge in [-0.05, 0) is 49.1 Å². The van der Waals surface area contributed by atoms with Crippen LogP contribution in [0.25, 0.3) is 0 Å². The number of nitrogens with two attached hydrogens (primary N) is 1. The number of carbonyl (C=O) groups is 1. The molecular formula is C20H29N3O. The standard InChI is InChI=1S/C20H29N3O/c1-22-9-10-23(13-16-5-2-3-8-18(16)22)20(24)17-11-14-6-4-7-15(12-17)19(14)21/h2-3,5,8,14-15,17,19H,4,6-7,9-13,21H2,1H3. The van der Waals surface area contributed by atoms with Crippen molar-refractivity contribution in [1.29, 1.82) is 0 Å². The number of nitrogens with zero attached hydrogens (tertiary/aromatic N) is 2. The van der Waals surface area contributed by atoms with Crippen molar-refractivity contribution in [3.8, 4) is 0 Å². The Morgan fingerprint density at radius 3 is 2.58 bits per heavy atom. The molecule has 2 bridgehead atoms. The molecule has 1 heterocycles. The second-order valence-corrected chi connectivity index (χ2v) is 8.01. The first kappa shape index (κ1) is 15.9. The number of likely N-dealkylation sites (N-methyl/N-ethyl adjacent to an activating group) is 1. The fraction of sp³-hybridized carbons (Fsp3) is 0.650. The van der Waals surface area contributed by atoms with Crippen LogP contribution in [0.4, 0.5) is 5.69 Å². The fourth-order valence-corrected chi connectivity index (χ4v) is 5.13. The van der Waals surface area contributed by atoms with Crippen molar-refractivity contribution < 1.29 is 4.79 Å². The highest BCUT2D eigenvalue weighted by Gasteiger charge is 2.41. The predicted molar refractivity (Wildman–Crippen MR) is 96.7 cm³/mol. The molecule has 2 atom stereocenters. The van der Waals surface area contributed by atoms with E-state index in [4.69, 9.17) is 5.73 Å². The Bertz CT molecular complexity index is 603. The number of carbonyl (C=O) groups excluding carboxylic acids is 1. The number of hydrogen-bond donors (Lipinski definition) is 1. The van der Waals surface area contributed by atoms with E-state index in [1.54, 1.807) is 0 Å². The summed E-state index contributed by atoms with van der Waals surface area (Å²) in [4.78, 5) is 17.6. The van der Waals surface area contributed by atoms with Gasteiger partial charge in [0.15, 0.2) is 0 Å². The molecule has 1 aromatic carbocycles. The molecule has 130 valence electrons. The highest BCUT2D eigenvalue weighted by Crippen LogP contribution is 2.42. The fourth-order valence-electron chi connectivity index (χ4n) is 5.13. The Labute approximate surface area is 145 Å². The van der Waals surface area contributed by atoms with Gasteiger partial charge in [0.05, 0.1) is 0 Å². The summed E-state index contributed by atoms with van der Waals surface area (Å²) in [5.74, 6) is 1.68. The molecular weight excluding hydrogens is 298 g/mol. The van der Waals surface area contributed by atoms with Gasteiger partial charge in [0.2, 0.25) is 5.91 Å². The Morgan fingerprint density at radius 1 is 1.12 bits per heavy atom. The van der Waals surface area contributed by atoms with E-state index in [0.717, 1.165) is 32.5 Å². The van der Waals surface area contributed by atoms with Crippen molar-refractivity contribution in [2.75, 3.05) is 25.0 Å². The van der Waals surface area contributed by atoms with E-state index in [-0.39, 0.29) is 5.92 Å². The maximum Gasteiger partial charge on any atom is 0.226 e. The summed E-state index contributed by atoms with van der Waals surface area (Å²) in [6.45, 7) is 2.47. The number of anilines is 1. The van der Waals surface area contributed by atoms with E-state index in [0.29, 0.717) is 23.8 Å². The van der Waals surface area contributed by atoms with Crippen molar-refractivity contribution in [3.63, 3.8) is 0 Å². The van der Waals surface area contributed by atoms with Crippen LogP contribution in [-0.4, -0.2) is 37.0 Å². The van der Waals surface area contributed by atoms with Gasteiger partial charge in [-0.25, -0.2) is 0 Å². The van der Waals surface area contributed by atoms with Gasteiger partial charge in [0.25, 0.3) is 0 Å². The summed E-state index contributed by atoms with van der Waals surface area (Å²) >= 11 is 0. The quantitative estimate of drug-likeness (QED) is 0.862. The molecule has 4 nitrogen and oxygen atoms in total. The second-order valence-electron chi connectivity index (χ2n) is 8.01. The van der Waals surface area contributed by atoms with Crippen LogP contribution in [0.3, 0.4) is 0 Å². The molecule has 1 aromatic rings. The van der Waals surface area contributed by atoms with Gasteiger partial charge in [-0.2, -0.15) is 0 Å². The molecule has 4 heteroatoms. The Morgan fingerprint density at radius 2 is 1.83 bits per heavy atom. The molecule has 2 unspecified atom stereocenters. The molecule has 0 aromatic heterocycles. The minimum atomic E-state index is 0.190. The SMILES string of the molecule is CN1CCN(C(=O)C2CC3CCCC(C2)C3N)Cc2ccccc21. The minimum absolute atomic E-state index is 0.190. The first-order valence-corrected chi connectivity index (χ1v) is 9.47. The monoisotopic (exact) mass is 327 g/mol. The zero-order chi connectivity index (χ0) is 16.7. The molecule has 2 saturated carbocycles. The van der Waals surface area contributed by atoms with E-state index in [1.165, 1.54) is 30.5 Å². The van der Waals surface area contributed by atoms with Crippen LogP contribution in [0.1, 0.15) is 37.7 Å². The first-order valence-electron chi connectivity index (χ1n) is 9.47. The van der Waals surface area contributed by atoms with Crippen molar-refractivity contribution in [1.82, 2.24) is 4.90 Å². The summed E-state index contributed by atoms with van der Waals surface area (Å²) in [5, 5.41) is 0. The lowest BCUT2D eigenvalue weighted by molar-refractivity contribution is -0.139. The lowest BCUT2D eigenvalue weighted by Gasteiger charge is -2.44. The lowest BCUT2D eigenvalue weighted by Crippen LogP contribution is -2.50. The van der Waals surface area contributed by atoms with Crippen molar-refractivity contribution >= 4 is 11.6 Å². The van der Waals surface area contributed by atoms with E-state index in [2.05, 4.69) is 41.1 Å². The predicted octanol–water partition coefficient (Wildman–Crippen LogP) is 2.62. The van der Waals surface area contributed by atoms with Gasteiger partial charge in [-0.15, -0.1) is 0 Å². The van der Waals surface area contributed by atoms with Gasteiger partial charge in [-0.1, -0.05) is 24.6 Å². The average Bonchev–Trinajstić information content (AvgIpc) is 2.74. The zero-order valence-corrected chi connectivity index (χ0v) is 14.7. The molecule has 0 saturated heterocycles. The Balaban J connectivity index is 1.51. The maximum absolute atomic E-state index is 13.2. The molecule has 0 spiro atoms. The maximum atomic E-state index is 13.2. The van der Waals surface area contributed by atoms with Crippen LogP contribution in [-0.2, 0) is 11.3 Å². The third kappa shape index (κ3) is 2.81. The van der Waals surface area contributed by atoms with Crippen molar-refractivity contribution in [2.24, 2.45) is 23.5 Å². The largest absolute Gasteiger partial charge is 0.373 e. The molecule has 24 heavy (non-hydrogen) atoms. The zero-order valence-electron chi connectivity index (χ0n) is 14.7. The second kappa shape index (κ2) is 6.40. The van der Waals surface area contributed by atoms with Crippen LogP contribution < -0.4 is 10.6 Å². The van der Waals surface area contributed by atoms with E-state index in [9.17, 15) is 4.79 Å². The van der Waals surface area contributed by atoms with Crippen LogP contribution in [0, 0.1) is 17.8 Å². The molecule has 2 N–H and O–H groups in total. The van der Waals surface area contributed by atoms with Gasteiger partial charge in [0.1, 0.15) is 0 Å². The van der Waals surface area contributed by atoms with Crippen molar-refractivity contribution in [2.45, 2.75) is 44.7 Å². The molecule has 2 fully saturated rings. The number of amides is 1. The minimum Gasteiger partial charge on any atom is -0.373 e. The van der Waals surface area contributed by atoms with E-state index in [1.807, 2.05) is 0 Å². The lowest BCUT2D eigenvalue weighted by atomic mass is 9.65. The number of rotatable bonds is 1.